The van der Waals surface area contributed by atoms with Crippen LogP contribution in [-0.4, -0.2) is 35.3 Å². The number of carbonyl (C=O) groups is 1. The zero-order valence-corrected chi connectivity index (χ0v) is 13.3. The fraction of sp³-hybridized carbons (Fsp3) is 0.286. The molecule has 3 N–H and O–H groups in total. The average Bonchev–Trinajstić information content (AvgIpc) is 2.96. The summed E-state index contributed by atoms with van der Waals surface area (Å²) < 4.78 is 53.5. The van der Waals surface area contributed by atoms with Crippen LogP contribution in [0.25, 0.3) is 0 Å². The van der Waals surface area contributed by atoms with Gasteiger partial charge in [-0.1, -0.05) is 0 Å². The van der Waals surface area contributed by atoms with Crippen molar-refractivity contribution >= 4 is 28.2 Å². The molecule has 0 bridgehead atoms. The molecular formula is C14H13F4N3O3S. The summed E-state index contributed by atoms with van der Waals surface area (Å²) in [7, 11) is 0. The van der Waals surface area contributed by atoms with Crippen LogP contribution in [0.3, 0.4) is 0 Å². The third-order valence-electron chi connectivity index (χ3n) is 2.75. The molecule has 0 spiro atoms. The minimum atomic E-state index is -4.59. The zero-order valence-electron chi connectivity index (χ0n) is 12.5. The van der Waals surface area contributed by atoms with Crippen molar-refractivity contribution in [2.45, 2.75) is 19.0 Å². The van der Waals surface area contributed by atoms with E-state index < -0.39 is 24.3 Å². The number of hydrogen-bond donors (Lipinski definition) is 3. The maximum atomic E-state index is 12.8. The first-order valence-corrected chi connectivity index (χ1v) is 7.70. The van der Waals surface area contributed by atoms with Gasteiger partial charge in [-0.3, -0.25) is 5.32 Å². The maximum absolute atomic E-state index is 12.8. The highest BCUT2D eigenvalue weighted by atomic mass is 32.1. The molecule has 2 aromatic rings. The second-order valence-electron chi connectivity index (χ2n) is 4.67. The van der Waals surface area contributed by atoms with E-state index in [4.69, 9.17) is 5.11 Å². The number of anilines is 2. The van der Waals surface area contributed by atoms with Gasteiger partial charge in [-0.05, 0) is 24.3 Å². The third kappa shape index (κ3) is 5.57. The number of aromatic nitrogens is 1. The van der Waals surface area contributed by atoms with Crippen LogP contribution in [0.1, 0.15) is 4.88 Å². The second kappa shape index (κ2) is 8.12. The minimum absolute atomic E-state index is 0.0349. The normalized spacial score (nSPS) is 11.4. The van der Waals surface area contributed by atoms with Crippen molar-refractivity contribution in [1.29, 1.82) is 0 Å². The zero-order chi connectivity index (χ0) is 18.4. The van der Waals surface area contributed by atoms with Crippen molar-refractivity contribution in [2.24, 2.45) is 0 Å². The van der Waals surface area contributed by atoms with Crippen LogP contribution in [0.4, 0.5) is 33.2 Å². The molecule has 0 atom stereocenters. The number of ether oxygens (including phenoxy) is 1. The van der Waals surface area contributed by atoms with E-state index in [0.717, 1.165) is 17.0 Å². The molecule has 0 unspecified atom stereocenters. The minimum Gasteiger partial charge on any atom is -0.428 e. The van der Waals surface area contributed by atoms with E-state index in [1.807, 2.05) is 0 Å². The quantitative estimate of drug-likeness (QED) is 0.643. The SMILES string of the molecule is O=C(Nc1ccc(OC(F)(F)C(F)F)cc1)Nc1ncc(CCO)s1. The predicted octanol–water partition coefficient (Wildman–Crippen LogP) is 3.56. The average molecular weight is 379 g/mol. The summed E-state index contributed by atoms with van der Waals surface area (Å²) in [5, 5.41) is 14.0. The molecule has 0 saturated heterocycles. The number of halogens is 4. The molecule has 0 radical (unpaired) electrons. The molecule has 136 valence electrons. The molecule has 1 aromatic heterocycles. The van der Waals surface area contributed by atoms with Crippen molar-refractivity contribution < 1.29 is 32.2 Å². The van der Waals surface area contributed by atoms with E-state index in [9.17, 15) is 22.4 Å². The van der Waals surface area contributed by atoms with Crippen LogP contribution >= 0.6 is 11.3 Å². The number of rotatable bonds is 7. The lowest BCUT2D eigenvalue weighted by Gasteiger charge is -2.16. The smallest absolute Gasteiger partial charge is 0.428 e. The molecule has 0 aliphatic carbocycles. The predicted molar refractivity (Wildman–Crippen MR) is 83.6 cm³/mol. The molecule has 2 amide bonds. The molecule has 0 aliphatic rings. The summed E-state index contributed by atoms with van der Waals surface area (Å²) in [6.07, 6.45) is -6.61. The van der Waals surface area contributed by atoms with E-state index >= 15 is 0 Å². The van der Waals surface area contributed by atoms with Gasteiger partial charge in [0.15, 0.2) is 5.13 Å². The summed E-state index contributed by atoms with van der Waals surface area (Å²) in [5.41, 5.74) is 0.234. The number of hydrogen-bond acceptors (Lipinski definition) is 5. The van der Waals surface area contributed by atoms with Crippen molar-refractivity contribution in [2.75, 3.05) is 17.2 Å². The molecule has 0 fully saturated rings. The number of nitrogens with zero attached hydrogens (tertiary/aromatic N) is 1. The van der Waals surface area contributed by atoms with E-state index in [2.05, 4.69) is 20.4 Å². The number of urea groups is 1. The van der Waals surface area contributed by atoms with Gasteiger partial charge in [0.05, 0.1) is 0 Å². The number of carbonyl (C=O) groups excluding carboxylic acids is 1. The Morgan fingerprint density at radius 3 is 2.56 bits per heavy atom. The van der Waals surface area contributed by atoms with E-state index in [0.29, 0.717) is 11.6 Å². The summed E-state index contributed by atoms with van der Waals surface area (Å²) in [6.45, 7) is -0.0349. The number of aliphatic hydroxyl groups is 1. The third-order valence-corrected chi connectivity index (χ3v) is 3.72. The largest absolute Gasteiger partial charge is 0.461 e. The van der Waals surface area contributed by atoms with Gasteiger partial charge >= 0.3 is 18.6 Å². The lowest BCUT2D eigenvalue weighted by molar-refractivity contribution is -0.253. The Hall–Kier alpha value is -2.40. The molecular weight excluding hydrogens is 366 g/mol. The number of nitrogens with one attached hydrogen (secondary N) is 2. The molecule has 1 heterocycles. The maximum Gasteiger partial charge on any atom is 0.461 e. The lowest BCUT2D eigenvalue weighted by Crippen LogP contribution is -2.33. The first-order chi connectivity index (χ1) is 11.8. The van der Waals surface area contributed by atoms with E-state index in [1.165, 1.54) is 29.7 Å². The van der Waals surface area contributed by atoms with Gasteiger partial charge in [-0.25, -0.2) is 9.78 Å². The monoisotopic (exact) mass is 379 g/mol. The molecule has 0 saturated carbocycles. The molecule has 1 aromatic carbocycles. The Labute approximate surface area is 143 Å². The van der Waals surface area contributed by atoms with Crippen LogP contribution in [0, 0.1) is 0 Å². The Kier molecular flexibility index (Phi) is 6.15. The van der Waals surface area contributed by atoms with Gasteiger partial charge in [0.2, 0.25) is 0 Å². The topological polar surface area (TPSA) is 83.5 Å². The fourth-order valence-corrected chi connectivity index (χ4v) is 2.45. The van der Waals surface area contributed by atoms with E-state index in [-0.39, 0.29) is 12.3 Å². The van der Waals surface area contributed by atoms with Gasteiger partial charge in [-0.15, -0.1) is 11.3 Å². The first kappa shape index (κ1) is 18.9. The Morgan fingerprint density at radius 2 is 1.96 bits per heavy atom. The van der Waals surface area contributed by atoms with Crippen molar-refractivity contribution in [3.8, 4) is 5.75 Å². The van der Waals surface area contributed by atoms with E-state index in [1.54, 1.807) is 0 Å². The van der Waals surface area contributed by atoms with Crippen LogP contribution in [0.5, 0.6) is 5.75 Å². The van der Waals surface area contributed by atoms with Crippen molar-refractivity contribution in [3.05, 3.63) is 35.3 Å². The van der Waals surface area contributed by atoms with Gasteiger partial charge in [-0.2, -0.15) is 17.6 Å². The summed E-state index contributed by atoms with van der Waals surface area (Å²) in [5.74, 6) is -0.468. The highest BCUT2D eigenvalue weighted by Gasteiger charge is 2.43. The standard InChI is InChI=1S/C14H13F4N3O3S/c15-11(16)14(17,18)24-9-3-1-8(2-4-9)20-12(23)21-13-19-7-10(25-13)5-6-22/h1-4,7,11,22H,5-6H2,(H2,19,20,21,23). The van der Waals surface area contributed by atoms with Crippen LogP contribution in [0.15, 0.2) is 30.5 Å². The van der Waals surface area contributed by atoms with Crippen molar-refractivity contribution in [1.82, 2.24) is 4.98 Å². The Morgan fingerprint density at radius 1 is 1.28 bits per heavy atom. The number of benzene rings is 1. The molecule has 6 nitrogen and oxygen atoms in total. The molecule has 11 heteroatoms. The van der Waals surface area contributed by atoms with Crippen LogP contribution in [0.2, 0.25) is 0 Å². The fourth-order valence-electron chi connectivity index (χ4n) is 1.66. The summed E-state index contributed by atoms with van der Waals surface area (Å²) >= 11 is 1.19. The van der Waals surface area contributed by atoms with Crippen LogP contribution < -0.4 is 15.4 Å². The number of aliphatic hydroxyl groups excluding tert-OH is 1. The van der Waals surface area contributed by atoms with Gasteiger partial charge in [0, 0.05) is 29.8 Å². The van der Waals surface area contributed by atoms with Gasteiger partial charge in [0.1, 0.15) is 5.75 Å². The second-order valence-corrected chi connectivity index (χ2v) is 5.79. The lowest BCUT2D eigenvalue weighted by atomic mass is 10.3. The number of amides is 2. The van der Waals surface area contributed by atoms with Crippen LogP contribution in [-0.2, 0) is 6.42 Å². The Bertz CT molecular complexity index is 710. The number of alkyl halides is 4. The molecule has 25 heavy (non-hydrogen) atoms. The van der Waals surface area contributed by atoms with Crippen molar-refractivity contribution in [3.63, 3.8) is 0 Å². The highest BCUT2D eigenvalue weighted by molar-refractivity contribution is 7.15. The Balaban J connectivity index is 1.90. The summed E-state index contributed by atoms with van der Waals surface area (Å²) in [6, 6.07) is 3.85. The first-order valence-electron chi connectivity index (χ1n) is 6.89. The highest BCUT2D eigenvalue weighted by Crippen LogP contribution is 2.28. The van der Waals surface area contributed by atoms with Gasteiger partial charge in [0.25, 0.3) is 0 Å². The molecule has 2 rings (SSSR count). The number of thiazole rings is 1. The van der Waals surface area contributed by atoms with Gasteiger partial charge < -0.3 is 15.2 Å². The summed E-state index contributed by atoms with van der Waals surface area (Å²) in [4.78, 5) is 16.5. The molecule has 0 aliphatic heterocycles.